The number of nitrogens with zero attached hydrogens (tertiary/aromatic N) is 2. The summed E-state index contributed by atoms with van der Waals surface area (Å²) in [5.74, 6) is 0.563. The summed E-state index contributed by atoms with van der Waals surface area (Å²) in [4.78, 5) is 30.4. The van der Waals surface area contributed by atoms with Gasteiger partial charge in [0, 0.05) is 39.2 Å². The molecule has 39 heavy (non-hydrogen) atoms. The van der Waals surface area contributed by atoms with Gasteiger partial charge in [-0.2, -0.15) is 0 Å². The highest BCUT2D eigenvalue weighted by molar-refractivity contribution is 7.83. The van der Waals surface area contributed by atoms with E-state index < -0.39 is 0 Å². The number of thiol groups is 1. The number of nitrogens with one attached hydrogen (secondary N) is 1. The van der Waals surface area contributed by atoms with E-state index >= 15 is 0 Å². The predicted molar refractivity (Wildman–Crippen MR) is 164 cm³/mol. The molecule has 0 amide bonds. The number of benzene rings is 2. The van der Waals surface area contributed by atoms with Crippen LogP contribution in [0, 0.1) is 5.92 Å². The van der Waals surface area contributed by atoms with Gasteiger partial charge >= 0.3 is 5.97 Å². The van der Waals surface area contributed by atoms with Gasteiger partial charge in [-0.05, 0) is 61.9 Å². The van der Waals surface area contributed by atoms with Crippen molar-refractivity contribution in [3.63, 3.8) is 0 Å². The molecule has 2 aromatic carbocycles. The van der Waals surface area contributed by atoms with Crippen molar-refractivity contribution in [3.8, 4) is 5.75 Å². The van der Waals surface area contributed by atoms with Crippen LogP contribution in [0.4, 0.5) is 10.8 Å². The largest absolute Gasteiger partial charge is 0.496 e. The van der Waals surface area contributed by atoms with Gasteiger partial charge in [-0.1, -0.05) is 42.2 Å². The summed E-state index contributed by atoms with van der Waals surface area (Å²) >= 11 is 5.72. The number of cyclic esters (lactones) is 1. The number of esters is 1. The lowest BCUT2D eigenvalue weighted by Crippen LogP contribution is -2.18. The van der Waals surface area contributed by atoms with E-state index in [-0.39, 0.29) is 19.1 Å². The van der Waals surface area contributed by atoms with Gasteiger partial charge in [0.05, 0.1) is 29.7 Å². The minimum atomic E-state index is -0.152. The number of anilines is 2. The molecular formula is C30H39N3O4S2. The van der Waals surface area contributed by atoms with Gasteiger partial charge in [-0.15, -0.1) is 12.6 Å². The molecule has 1 aliphatic heterocycles. The fraction of sp³-hybridized carbons (Fsp3) is 0.367. The summed E-state index contributed by atoms with van der Waals surface area (Å²) in [5, 5.41) is 3.99. The van der Waals surface area contributed by atoms with Crippen molar-refractivity contribution in [3.05, 3.63) is 72.4 Å². The van der Waals surface area contributed by atoms with Crippen LogP contribution in [0.3, 0.4) is 0 Å². The van der Waals surface area contributed by atoms with Crippen LogP contribution >= 0.6 is 24.0 Å². The maximum absolute atomic E-state index is 12.7. The SMILES string of the molecule is C=C(Nc1ncc(S)s1)c1ccc(N(C)C)cc1.COc1ccccc1C(=O)C1CCCCOC(=O)CCC1.[HH]. The first-order valence-corrected chi connectivity index (χ1v) is 14.3. The lowest BCUT2D eigenvalue weighted by Gasteiger charge is -2.18. The highest BCUT2D eigenvalue weighted by Crippen LogP contribution is 2.28. The van der Waals surface area contributed by atoms with E-state index in [4.69, 9.17) is 9.47 Å². The molecule has 0 radical (unpaired) electrons. The Labute approximate surface area is 242 Å². The summed E-state index contributed by atoms with van der Waals surface area (Å²) in [6.07, 6.45) is 6.11. The van der Waals surface area contributed by atoms with Crippen molar-refractivity contribution >= 4 is 52.2 Å². The molecule has 0 aliphatic carbocycles. The first-order chi connectivity index (χ1) is 18.8. The average molecular weight is 570 g/mol. The molecular weight excluding hydrogens is 530 g/mol. The van der Waals surface area contributed by atoms with E-state index in [9.17, 15) is 9.59 Å². The molecule has 210 valence electrons. The van der Waals surface area contributed by atoms with Gasteiger partial charge < -0.3 is 19.7 Å². The number of carbonyl (C=O) groups excluding carboxylic acids is 2. The molecule has 1 unspecified atom stereocenters. The smallest absolute Gasteiger partial charge is 0.305 e. The van der Waals surface area contributed by atoms with Crippen LogP contribution in [-0.2, 0) is 9.53 Å². The normalized spacial score (nSPS) is 15.7. The summed E-state index contributed by atoms with van der Waals surface area (Å²) in [6.45, 7) is 4.49. The number of ketones is 1. The third kappa shape index (κ3) is 9.44. The van der Waals surface area contributed by atoms with Gasteiger partial charge in [-0.3, -0.25) is 9.59 Å². The molecule has 0 bridgehead atoms. The van der Waals surface area contributed by atoms with E-state index in [0.717, 1.165) is 46.3 Å². The average Bonchev–Trinajstić information content (AvgIpc) is 3.36. The maximum Gasteiger partial charge on any atom is 0.305 e. The number of para-hydroxylation sites is 1. The molecule has 4 rings (SSSR count). The number of hydrogen-bond acceptors (Lipinski definition) is 9. The molecule has 1 aliphatic rings. The minimum Gasteiger partial charge on any atom is -0.496 e. The Hall–Kier alpha value is -3.30. The number of thiazole rings is 1. The van der Waals surface area contributed by atoms with E-state index in [1.165, 1.54) is 17.0 Å². The topological polar surface area (TPSA) is 80.8 Å². The summed E-state index contributed by atoms with van der Waals surface area (Å²) in [7, 11) is 5.62. The summed E-state index contributed by atoms with van der Waals surface area (Å²) in [5.41, 5.74) is 3.70. The van der Waals surface area contributed by atoms with Crippen LogP contribution in [-0.4, -0.2) is 44.5 Å². The Balaban J connectivity index is 0.000000276. The predicted octanol–water partition coefficient (Wildman–Crippen LogP) is 7.22. The minimum absolute atomic E-state index is 0. The molecule has 1 aromatic heterocycles. The quantitative estimate of drug-likeness (QED) is 0.177. The van der Waals surface area contributed by atoms with Crippen molar-refractivity contribution < 1.29 is 20.5 Å². The summed E-state index contributed by atoms with van der Waals surface area (Å²) in [6, 6.07) is 15.5. The van der Waals surface area contributed by atoms with Crippen LogP contribution in [0.1, 0.15) is 55.9 Å². The molecule has 1 N–H and O–H groups in total. The third-order valence-corrected chi connectivity index (χ3v) is 7.47. The monoisotopic (exact) mass is 569 g/mol. The highest BCUT2D eigenvalue weighted by atomic mass is 32.2. The molecule has 1 saturated heterocycles. The molecule has 7 nitrogen and oxygen atoms in total. The first-order valence-electron chi connectivity index (χ1n) is 13.0. The van der Waals surface area contributed by atoms with Crippen molar-refractivity contribution in [2.24, 2.45) is 5.92 Å². The van der Waals surface area contributed by atoms with E-state index in [1.54, 1.807) is 13.3 Å². The molecule has 2 heterocycles. The fourth-order valence-electron chi connectivity index (χ4n) is 4.20. The molecule has 9 heteroatoms. The highest BCUT2D eigenvalue weighted by Gasteiger charge is 2.23. The number of aromatic nitrogens is 1. The number of rotatable bonds is 7. The second-order valence-corrected chi connectivity index (χ2v) is 11.2. The molecule has 1 atom stereocenters. The Morgan fingerprint density at radius 3 is 2.54 bits per heavy atom. The van der Waals surface area contributed by atoms with Crippen LogP contribution in [0.2, 0.25) is 0 Å². The Morgan fingerprint density at radius 1 is 1.15 bits per heavy atom. The first kappa shape index (κ1) is 30.2. The lowest BCUT2D eigenvalue weighted by molar-refractivity contribution is -0.144. The number of Topliss-reactive ketones (excluding diaryl/α,β-unsaturated/α-hetero) is 1. The fourth-order valence-corrected chi connectivity index (χ4v) is 5.10. The molecule has 0 spiro atoms. The van der Waals surface area contributed by atoms with E-state index in [2.05, 4.69) is 46.5 Å². The number of carbonyl (C=O) groups is 2. The Kier molecular flexibility index (Phi) is 11.9. The van der Waals surface area contributed by atoms with Gasteiger partial charge in [0.2, 0.25) is 0 Å². The van der Waals surface area contributed by atoms with Crippen molar-refractivity contribution in [1.82, 2.24) is 4.98 Å². The summed E-state index contributed by atoms with van der Waals surface area (Å²) < 4.78 is 11.3. The van der Waals surface area contributed by atoms with Gasteiger partial charge in [0.25, 0.3) is 0 Å². The maximum atomic E-state index is 12.7. The Bertz CT molecular complexity index is 1250. The van der Waals surface area contributed by atoms with E-state index in [0.29, 0.717) is 30.8 Å². The Morgan fingerprint density at radius 2 is 1.87 bits per heavy atom. The van der Waals surface area contributed by atoms with Crippen LogP contribution in [0.15, 0.2) is 65.5 Å². The van der Waals surface area contributed by atoms with Crippen LogP contribution < -0.4 is 15.0 Å². The van der Waals surface area contributed by atoms with Gasteiger partial charge in [0.15, 0.2) is 10.9 Å². The van der Waals surface area contributed by atoms with Crippen molar-refractivity contribution in [2.75, 3.05) is 38.0 Å². The zero-order valence-electron chi connectivity index (χ0n) is 22.8. The third-order valence-electron chi connectivity index (χ3n) is 6.37. The molecule has 0 saturated carbocycles. The number of ether oxygens (including phenoxy) is 2. The van der Waals surface area contributed by atoms with Crippen molar-refractivity contribution in [2.45, 2.75) is 42.7 Å². The van der Waals surface area contributed by atoms with Gasteiger partial charge in [0.1, 0.15) is 5.75 Å². The number of hydrogen-bond donors (Lipinski definition) is 2. The van der Waals surface area contributed by atoms with Crippen LogP contribution in [0.5, 0.6) is 5.75 Å². The van der Waals surface area contributed by atoms with E-state index in [1.807, 2.05) is 50.5 Å². The lowest BCUT2D eigenvalue weighted by atomic mass is 9.88. The number of methoxy groups -OCH3 is 1. The second-order valence-electron chi connectivity index (χ2n) is 9.42. The van der Waals surface area contributed by atoms with Crippen LogP contribution in [0.25, 0.3) is 5.70 Å². The standard InChI is InChI=1S/C17H22O4.C13H15N3S2.H2/c1-20-15-10-3-2-9-14(15)17(19)13-7-4-5-12-21-16(18)11-6-8-13;1-9(15-13-14-8-12(17)18-13)10-4-6-11(7-5-10)16(2)3;/h2-3,9-10,13H,4-8,11-12H2,1H3;4-8,17H,1H2,2-3H3,(H,14,15);1H. The van der Waals surface area contributed by atoms with Gasteiger partial charge in [-0.25, -0.2) is 4.98 Å². The second kappa shape index (κ2) is 15.3. The zero-order valence-corrected chi connectivity index (χ0v) is 24.5. The molecule has 1 fully saturated rings. The molecule has 3 aromatic rings. The van der Waals surface area contributed by atoms with Crippen molar-refractivity contribution in [1.29, 1.82) is 0 Å². The zero-order chi connectivity index (χ0) is 28.2.